The lowest BCUT2D eigenvalue weighted by molar-refractivity contribution is 0.425. The molecule has 1 saturated carbocycles. The van der Waals surface area contributed by atoms with Crippen molar-refractivity contribution in [1.82, 2.24) is 20.0 Å². The molecule has 4 rings (SSSR count). The fourth-order valence-corrected chi connectivity index (χ4v) is 4.10. The first-order chi connectivity index (χ1) is 15.2. The summed E-state index contributed by atoms with van der Waals surface area (Å²) in [4.78, 5) is 14.4. The van der Waals surface area contributed by atoms with Crippen LogP contribution in [0.2, 0.25) is 0 Å². The van der Waals surface area contributed by atoms with Crippen LogP contribution in [0.15, 0.2) is 47.4 Å². The van der Waals surface area contributed by atoms with E-state index in [1.54, 1.807) is 18.2 Å². The maximum Gasteiger partial charge on any atom is 0.265 e. The van der Waals surface area contributed by atoms with Crippen LogP contribution in [0, 0.1) is 0 Å². The summed E-state index contributed by atoms with van der Waals surface area (Å²) in [5.41, 5.74) is 1.64. The van der Waals surface area contributed by atoms with Crippen LogP contribution in [0.1, 0.15) is 32.1 Å². The van der Waals surface area contributed by atoms with Gasteiger partial charge in [0.05, 0.1) is 35.4 Å². The lowest BCUT2D eigenvalue weighted by Gasteiger charge is -2.31. The largest absolute Gasteiger partial charge is 0.507 e. The third-order valence-corrected chi connectivity index (χ3v) is 5.91. The van der Waals surface area contributed by atoms with Gasteiger partial charge in [-0.15, -0.1) is 10.2 Å². The molecule has 7 nitrogen and oxygen atoms in total. The van der Waals surface area contributed by atoms with Gasteiger partial charge in [-0.25, -0.2) is 0 Å². The zero-order valence-electron chi connectivity index (χ0n) is 18.0. The molecule has 2 aromatic heterocycles. The van der Waals surface area contributed by atoms with Crippen molar-refractivity contribution in [3.63, 3.8) is 0 Å². The lowest BCUT2D eigenvalue weighted by atomic mass is 9.49. The van der Waals surface area contributed by atoms with Crippen molar-refractivity contribution in [2.45, 2.75) is 43.4 Å². The summed E-state index contributed by atoms with van der Waals surface area (Å²) in [5.74, 6) is 0.833. The quantitative estimate of drug-likeness (QED) is 0.635. The third-order valence-electron chi connectivity index (χ3n) is 5.91. The summed E-state index contributed by atoms with van der Waals surface area (Å²) >= 11 is 0. The van der Waals surface area contributed by atoms with Gasteiger partial charge in [-0.05, 0) is 47.9 Å². The molecule has 1 aromatic carbocycles. The molecular weight excluding hydrogens is 399 g/mol. The van der Waals surface area contributed by atoms with Gasteiger partial charge in [-0.1, -0.05) is 25.3 Å². The topological polar surface area (TPSA) is 84.1 Å². The standard InChI is InChI=1S/C22H22B3N5O2/c1-29(16-5-3-2-4-6-16)20-10-9-18(27-28-20)17-8-7-14(11-19(17)31)15-12-21(32)30(26-13-15)22(23,24)25/h7-13,16,31H,2-6H2,1H3. The Labute approximate surface area is 191 Å². The van der Waals surface area contributed by atoms with Crippen LogP contribution in [0.5, 0.6) is 5.75 Å². The van der Waals surface area contributed by atoms with Crippen molar-refractivity contribution >= 4 is 29.4 Å². The molecular formula is C22H22B3N5O2. The molecule has 1 fully saturated rings. The number of phenols is 1. The summed E-state index contributed by atoms with van der Waals surface area (Å²) in [6, 6.07) is 10.6. The second-order valence-corrected chi connectivity index (χ2v) is 8.29. The highest BCUT2D eigenvalue weighted by Crippen LogP contribution is 2.32. The van der Waals surface area contributed by atoms with Gasteiger partial charge in [-0.3, -0.25) is 9.48 Å². The summed E-state index contributed by atoms with van der Waals surface area (Å²) in [5, 5.41) is 21.3. The zero-order valence-corrected chi connectivity index (χ0v) is 18.0. The molecule has 1 aliphatic rings. The molecule has 0 atom stereocenters. The highest BCUT2D eigenvalue weighted by Gasteiger charge is 2.20. The van der Waals surface area contributed by atoms with Gasteiger partial charge >= 0.3 is 0 Å². The maximum absolute atomic E-state index is 12.2. The van der Waals surface area contributed by atoms with Crippen molar-refractivity contribution < 1.29 is 5.11 Å². The second kappa shape index (κ2) is 8.84. The Morgan fingerprint density at radius 2 is 1.78 bits per heavy atom. The first-order valence-corrected chi connectivity index (χ1v) is 10.6. The van der Waals surface area contributed by atoms with Crippen molar-refractivity contribution in [1.29, 1.82) is 0 Å². The maximum atomic E-state index is 12.2. The van der Waals surface area contributed by atoms with Crippen LogP contribution < -0.4 is 10.5 Å². The Kier molecular flexibility index (Phi) is 6.13. The number of hydrogen-bond donors (Lipinski definition) is 1. The summed E-state index contributed by atoms with van der Waals surface area (Å²) < 4.78 is 0.784. The number of phenolic OH excluding ortho intramolecular Hbond substituents is 1. The van der Waals surface area contributed by atoms with E-state index < -0.39 is 10.8 Å². The van der Waals surface area contributed by atoms with Crippen molar-refractivity contribution in [2.24, 2.45) is 0 Å². The number of aromatic hydroxyl groups is 1. The SMILES string of the molecule is [B]C([B])([B])n1ncc(-c2ccc(-c3ccc(N(C)C4CCCCC4)nn3)c(O)c2)cc1=O. The minimum Gasteiger partial charge on any atom is -0.507 e. The smallest absolute Gasteiger partial charge is 0.265 e. The fraction of sp³-hybridized carbons (Fsp3) is 0.364. The first-order valence-electron chi connectivity index (χ1n) is 10.6. The van der Waals surface area contributed by atoms with E-state index in [9.17, 15) is 9.90 Å². The average molecular weight is 421 g/mol. The van der Waals surface area contributed by atoms with Gasteiger partial charge < -0.3 is 10.0 Å². The minimum absolute atomic E-state index is 0.0141. The van der Waals surface area contributed by atoms with Crippen molar-refractivity contribution in [3.05, 3.63) is 52.9 Å². The Bertz CT molecular complexity index is 1160. The molecule has 0 bridgehead atoms. The number of anilines is 1. The molecule has 32 heavy (non-hydrogen) atoms. The van der Waals surface area contributed by atoms with E-state index in [-0.39, 0.29) is 5.75 Å². The molecule has 3 aromatic rings. The van der Waals surface area contributed by atoms with Crippen LogP contribution in [-0.4, -0.2) is 61.7 Å². The highest BCUT2D eigenvalue weighted by molar-refractivity contribution is 6.56. The van der Waals surface area contributed by atoms with Crippen LogP contribution in [-0.2, 0) is 5.24 Å². The predicted octanol–water partition coefficient (Wildman–Crippen LogP) is 1.92. The first kappa shape index (κ1) is 22.2. The second-order valence-electron chi connectivity index (χ2n) is 8.29. The number of aromatic nitrogens is 4. The van der Waals surface area contributed by atoms with Gasteiger partial charge in [0, 0.05) is 30.3 Å². The fourth-order valence-electron chi connectivity index (χ4n) is 4.10. The van der Waals surface area contributed by atoms with Crippen molar-refractivity contribution in [2.75, 3.05) is 11.9 Å². The van der Waals surface area contributed by atoms with Gasteiger partial charge in [0.2, 0.25) is 0 Å². The number of rotatable bonds is 5. The van der Waals surface area contributed by atoms with Gasteiger partial charge in [0.15, 0.2) is 5.82 Å². The van der Waals surface area contributed by atoms with E-state index in [1.165, 1.54) is 44.4 Å². The van der Waals surface area contributed by atoms with Crippen LogP contribution >= 0.6 is 0 Å². The molecule has 0 aliphatic heterocycles. The molecule has 0 unspecified atom stereocenters. The van der Waals surface area contributed by atoms with Crippen LogP contribution in [0.3, 0.4) is 0 Å². The summed E-state index contributed by atoms with van der Waals surface area (Å²) in [6.07, 6.45) is 7.54. The van der Waals surface area contributed by atoms with E-state index in [2.05, 4.69) is 27.2 Å². The monoisotopic (exact) mass is 421 g/mol. The Balaban J connectivity index is 1.56. The molecule has 0 amide bonds. The highest BCUT2D eigenvalue weighted by atomic mass is 16.3. The Morgan fingerprint density at radius 1 is 1.03 bits per heavy atom. The van der Waals surface area contributed by atoms with Crippen LogP contribution in [0.4, 0.5) is 5.82 Å². The van der Waals surface area contributed by atoms with Crippen molar-refractivity contribution in [3.8, 4) is 28.1 Å². The van der Waals surface area contributed by atoms with Gasteiger partial charge in [-0.2, -0.15) is 5.10 Å². The summed E-state index contributed by atoms with van der Waals surface area (Å²) in [6.45, 7) is 0. The van der Waals surface area contributed by atoms with E-state index in [0.717, 1.165) is 10.5 Å². The third kappa shape index (κ3) is 4.59. The predicted molar refractivity (Wildman–Crippen MR) is 127 cm³/mol. The molecule has 6 radical (unpaired) electrons. The van der Waals surface area contributed by atoms with E-state index in [4.69, 9.17) is 23.5 Å². The minimum atomic E-state index is -1.89. The van der Waals surface area contributed by atoms with E-state index in [0.29, 0.717) is 28.4 Å². The molecule has 0 spiro atoms. The summed E-state index contributed by atoms with van der Waals surface area (Å²) in [7, 11) is 18.6. The average Bonchev–Trinajstić information content (AvgIpc) is 2.78. The Hall–Kier alpha value is -3.03. The molecule has 156 valence electrons. The number of benzene rings is 1. The van der Waals surface area contributed by atoms with E-state index in [1.807, 2.05) is 12.1 Å². The Morgan fingerprint density at radius 3 is 2.38 bits per heavy atom. The van der Waals surface area contributed by atoms with Gasteiger partial charge in [0.25, 0.3) is 5.56 Å². The van der Waals surface area contributed by atoms with E-state index >= 15 is 0 Å². The normalized spacial score (nSPS) is 14.9. The number of nitrogens with zero attached hydrogens (tertiary/aromatic N) is 5. The van der Waals surface area contributed by atoms with Crippen LogP contribution in [0.25, 0.3) is 22.4 Å². The number of hydrogen-bond acceptors (Lipinski definition) is 6. The van der Waals surface area contributed by atoms with Gasteiger partial charge in [0.1, 0.15) is 5.75 Å². The molecule has 2 heterocycles. The lowest BCUT2D eigenvalue weighted by Crippen LogP contribution is -2.44. The zero-order chi connectivity index (χ0) is 22.9. The molecule has 10 heteroatoms. The molecule has 1 aliphatic carbocycles. The molecule has 1 N–H and O–H groups in total. The molecule has 0 saturated heterocycles.